The molecule has 1 aromatic heterocycles. The van der Waals surface area contributed by atoms with Crippen molar-refractivity contribution in [2.24, 2.45) is 5.73 Å². The first kappa shape index (κ1) is 8.75. The first-order chi connectivity index (χ1) is 5.65. The Morgan fingerprint density at radius 2 is 2.33 bits per heavy atom. The van der Waals surface area contributed by atoms with Gasteiger partial charge in [-0.3, -0.25) is 0 Å². The van der Waals surface area contributed by atoms with Gasteiger partial charge in [0.2, 0.25) is 0 Å². The van der Waals surface area contributed by atoms with Crippen LogP contribution in [0.2, 0.25) is 0 Å². The van der Waals surface area contributed by atoms with Gasteiger partial charge in [0.25, 0.3) is 0 Å². The summed E-state index contributed by atoms with van der Waals surface area (Å²) in [6, 6.07) is 1.89. The molecule has 0 aliphatic heterocycles. The summed E-state index contributed by atoms with van der Waals surface area (Å²) in [5.41, 5.74) is 7.02. The Kier molecular flexibility index (Phi) is 2.46. The third-order valence-electron chi connectivity index (χ3n) is 1.39. The molecule has 2 N–H and O–H groups in total. The van der Waals surface area contributed by atoms with Crippen molar-refractivity contribution >= 4 is 17.0 Å². The molecule has 0 fully saturated rings. The lowest BCUT2D eigenvalue weighted by Crippen LogP contribution is -1.94. The molecule has 0 saturated carbocycles. The van der Waals surface area contributed by atoms with Crippen molar-refractivity contribution in [2.75, 3.05) is 0 Å². The molecule has 1 rings (SSSR count). The van der Waals surface area contributed by atoms with Crippen LogP contribution in [0.5, 0.6) is 0 Å². The molecular weight excluding hydrogens is 170 g/mol. The van der Waals surface area contributed by atoms with E-state index in [4.69, 9.17) is 11.0 Å². The number of hydrogen-bond acceptors (Lipinski definition) is 4. The number of aromatic nitrogens is 1. The summed E-state index contributed by atoms with van der Waals surface area (Å²) in [4.78, 5) is 5.10. The second kappa shape index (κ2) is 3.37. The van der Waals surface area contributed by atoms with Gasteiger partial charge in [0.15, 0.2) is 0 Å². The lowest BCUT2D eigenvalue weighted by Gasteiger charge is -1.93. The zero-order chi connectivity index (χ0) is 9.14. The zero-order valence-electron chi connectivity index (χ0n) is 6.96. The minimum absolute atomic E-state index is 0.501. The van der Waals surface area contributed by atoms with Crippen molar-refractivity contribution in [1.29, 1.82) is 5.26 Å². The number of rotatable bonds is 1. The molecule has 1 heterocycles. The maximum Gasteiger partial charge on any atom is 0.0934 e. The Morgan fingerprint density at radius 1 is 1.67 bits per heavy atom. The molecule has 4 heteroatoms. The predicted molar refractivity (Wildman–Crippen MR) is 49.4 cm³/mol. The van der Waals surface area contributed by atoms with E-state index in [2.05, 4.69) is 4.98 Å². The molecule has 1 aromatic rings. The largest absolute Gasteiger partial charge is 0.397 e. The molecule has 12 heavy (non-hydrogen) atoms. The molecular formula is C8H9N3S. The Morgan fingerprint density at radius 3 is 2.75 bits per heavy atom. The number of allylic oxidation sites excluding steroid dienone is 1. The van der Waals surface area contributed by atoms with E-state index in [0.717, 1.165) is 15.6 Å². The van der Waals surface area contributed by atoms with Crippen LogP contribution >= 0.6 is 11.3 Å². The number of thiazole rings is 1. The number of nitrogens with zero attached hydrogens (tertiary/aromatic N) is 2. The van der Waals surface area contributed by atoms with Gasteiger partial charge in [0, 0.05) is 6.08 Å². The third kappa shape index (κ3) is 1.63. The van der Waals surface area contributed by atoms with E-state index >= 15 is 0 Å². The van der Waals surface area contributed by atoms with Crippen molar-refractivity contribution in [1.82, 2.24) is 4.98 Å². The molecule has 0 aliphatic rings. The van der Waals surface area contributed by atoms with E-state index in [0.29, 0.717) is 5.70 Å². The molecule has 62 valence electrons. The summed E-state index contributed by atoms with van der Waals surface area (Å²) >= 11 is 1.51. The maximum atomic E-state index is 8.37. The zero-order valence-corrected chi connectivity index (χ0v) is 7.77. The van der Waals surface area contributed by atoms with Gasteiger partial charge in [-0.05, 0) is 13.8 Å². The molecule has 0 radical (unpaired) electrons. The van der Waals surface area contributed by atoms with Crippen molar-refractivity contribution < 1.29 is 0 Å². The Hall–Kier alpha value is -1.34. The Balaban J connectivity index is 3.12. The summed E-state index contributed by atoms with van der Waals surface area (Å²) in [5.74, 6) is 0. The van der Waals surface area contributed by atoms with Crippen LogP contribution in [0.1, 0.15) is 15.6 Å². The molecule has 0 aliphatic carbocycles. The average Bonchev–Trinajstić information content (AvgIpc) is 2.30. The van der Waals surface area contributed by atoms with Crippen molar-refractivity contribution in [3.63, 3.8) is 0 Å². The van der Waals surface area contributed by atoms with Gasteiger partial charge in [0.05, 0.1) is 27.3 Å². The van der Waals surface area contributed by atoms with E-state index in [9.17, 15) is 0 Å². The highest BCUT2D eigenvalue weighted by Crippen LogP contribution is 2.21. The van der Waals surface area contributed by atoms with E-state index in [-0.39, 0.29) is 0 Å². The fraction of sp³-hybridized carbons (Fsp3) is 0.250. The van der Waals surface area contributed by atoms with Crippen LogP contribution in [0, 0.1) is 25.2 Å². The number of hydrogen-bond donors (Lipinski definition) is 1. The van der Waals surface area contributed by atoms with Gasteiger partial charge in [-0.1, -0.05) is 0 Å². The first-order valence-electron chi connectivity index (χ1n) is 3.45. The Bertz CT molecular complexity index is 357. The van der Waals surface area contributed by atoms with Crippen LogP contribution in [0.3, 0.4) is 0 Å². The number of aryl methyl sites for hydroxylation is 2. The SMILES string of the molecule is Cc1nc(C)c(C(N)=CC#N)s1. The molecule has 0 unspecified atom stereocenters. The predicted octanol–water partition coefficient (Wildman–Crippen LogP) is 1.58. The van der Waals surface area contributed by atoms with Crippen LogP contribution < -0.4 is 5.73 Å². The highest BCUT2D eigenvalue weighted by atomic mass is 32.1. The van der Waals surface area contributed by atoms with Gasteiger partial charge in [-0.2, -0.15) is 5.26 Å². The number of nitrogens with two attached hydrogens (primary N) is 1. The fourth-order valence-electron chi connectivity index (χ4n) is 0.934. The summed E-state index contributed by atoms with van der Waals surface area (Å²) in [7, 11) is 0. The molecule has 0 aromatic carbocycles. The minimum Gasteiger partial charge on any atom is -0.397 e. The van der Waals surface area contributed by atoms with E-state index in [1.807, 2.05) is 19.9 Å². The van der Waals surface area contributed by atoms with Crippen LogP contribution in [0.4, 0.5) is 0 Å². The highest BCUT2D eigenvalue weighted by molar-refractivity contribution is 7.12. The second-order valence-corrected chi connectivity index (χ2v) is 3.58. The summed E-state index contributed by atoms with van der Waals surface area (Å²) in [6.45, 7) is 3.80. The smallest absolute Gasteiger partial charge is 0.0934 e. The van der Waals surface area contributed by atoms with Crippen LogP contribution in [0.15, 0.2) is 6.08 Å². The van der Waals surface area contributed by atoms with Crippen molar-refractivity contribution in [3.05, 3.63) is 21.7 Å². The summed E-state index contributed by atoms with van der Waals surface area (Å²) in [5, 5.41) is 9.34. The molecule has 0 saturated heterocycles. The van der Waals surface area contributed by atoms with E-state index in [1.54, 1.807) is 0 Å². The lowest BCUT2D eigenvalue weighted by atomic mass is 10.3. The van der Waals surface area contributed by atoms with Gasteiger partial charge in [-0.15, -0.1) is 11.3 Å². The molecule has 0 bridgehead atoms. The van der Waals surface area contributed by atoms with Crippen molar-refractivity contribution in [3.8, 4) is 6.07 Å². The summed E-state index contributed by atoms with van der Waals surface area (Å²) in [6.07, 6.45) is 1.33. The number of nitriles is 1. The van der Waals surface area contributed by atoms with Gasteiger partial charge < -0.3 is 5.73 Å². The maximum absolute atomic E-state index is 8.37. The fourth-order valence-corrected chi connectivity index (χ4v) is 1.78. The normalized spacial score (nSPS) is 11.2. The quantitative estimate of drug-likeness (QED) is 0.666. The summed E-state index contributed by atoms with van der Waals surface area (Å²) < 4.78 is 0. The third-order valence-corrected chi connectivity index (χ3v) is 2.51. The molecule has 0 spiro atoms. The van der Waals surface area contributed by atoms with Crippen LogP contribution in [-0.2, 0) is 0 Å². The van der Waals surface area contributed by atoms with Crippen molar-refractivity contribution in [2.45, 2.75) is 13.8 Å². The second-order valence-electron chi connectivity index (χ2n) is 2.38. The molecule has 3 nitrogen and oxygen atoms in total. The van der Waals surface area contributed by atoms with E-state index < -0.39 is 0 Å². The Labute approximate surface area is 75.2 Å². The molecule has 0 amide bonds. The van der Waals surface area contributed by atoms with Crippen LogP contribution in [-0.4, -0.2) is 4.98 Å². The lowest BCUT2D eigenvalue weighted by molar-refractivity contribution is 1.19. The first-order valence-corrected chi connectivity index (χ1v) is 4.26. The van der Waals surface area contributed by atoms with Gasteiger partial charge in [-0.25, -0.2) is 4.98 Å². The standard InChI is InChI=1S/C8H9N3S/c1-5-8(7(10)3-4-9)12-6(2)11-5/h3H,10H2,1-2H3. The highest BCUT2D eigenvalue weighted by Gasteiger charge is 2.06. The minimum atomic E-state index is 0.501. The van der Waals surface area contributed by atoms with Gasteiger partial charge in [0.1, 0.15) is 0 Å². The van der Waals surface area contributed by atoms with E-state index in [1.165, 1.54) is 17.4 Å². The van der Waals surface area contributed by atoms with Gasteiger partial charge >= 0.3 is 0 Å². The topological polar surface area (TPSA) is 62.7 Å². The monoisotopic (exact) mass is 179 g/mol. The van der Waals surface area contributed by atoms with Crippen LogP contribution in [0.25, 0.3) is 5.70 Å². The average molecular weight is 179 g/mol. The molecule has 0 atom stereocenters.